The van der Waals surface area contributed by atoms with Gasteiger partial charge in [0.2, 0.25) is 0 Å². The fourth-order valence-corrected chi connectivity index (χ4v) is 3.60. The van der Waals surface area contributed by atoms with Crippen LogP contribution in [-0.4, -0.2) is 11.6 Å². The van der Waals surface area contributed by atoms with E-state index >= 15 is 0 Å². The highest BCUT2D eigenvalue weighted by molar-refractivity contribution is 6.06. The first-order valence-corrected chi connectivity index (χ1v) is 5.43. The van der Waals surface area contributed by atoms with Crippen molar-refractivity contribution in [3.8, 4) is 0 Å². The number of hydrogen-bond donors (Lipinski definition) is 0. The molecule has 0 amide bonds. The normalized spacial score (nSPS) is 42.8. The summed E-state index contributed by atoms with van der Waals surface area (Å²) in [4.78, 5) is 23.7. The van der Waals surface area contributed by atoms with Crippen LogP contribution in [0.15, 0.2) is 23.3 Å². The molecule has 0 N–H and O–H groups in total. The van der Waals surface area contributed by atoms with Gasteiger partial charge < -0.3 is 0 Å². The SMILES string of the molecule is CC1=C[C@@]2(C)CC(=O)[C@@]13CC(=O)C=C3C2. The Bertz CT molecular complexity index is 455. The van der Waals surface area contributed by atoms with E-state index < -0.39 is 5.41 Å². The van der Waals surface area contributed by atoms with Gasteiger partial charge in [0.1, 0.15) is 5.78 Å². The lowest BCUT2D eigenvalue weighted by molar-refractivity contribution is -0.132. The third-order valence-electron chi connectivity index (χ3n) is 4.20. The molecule has 0 radical (unpaired) electrons. The Kier molecular flexibility index (Phi) is 1.40. The highest BCUT2D eigenvalue weighted by Crippen LogP contribution is 2.60. The second-order valence-corrected chi connectivity index (χ2v) is 5.48. The summed E-state index contributed by atoms with van der Waals surface area (Å²) < 4.78 is 0. The van der Waals surface area contributed by atoms with Crippen LogP contribution in [0.25, 0.3) is 0 Å². The molecule has 15 heavy (non-hydrogen) atoms. The van der Waals surface area contributed by atoms with Gasteiger partial charge >= 0.3 is 0 Å². The Labute approximate surface area is 89.0 Å². The maximum Gasteiger partial charge on any atom is 0.157 e. The molecule has 0 aliphatic heterocycles. The molecule has 2 bridgehead atoms. The summed E-state index contributed by atoms with van der Waals surface area (Å²) in [5.74, 6) is 0.380. The number of rotatable bonds is 0. The molecule has 2 atom stereocenters. The third kappa shape index (κ3) is 0.901. The standard InChI is InChI=1S/C13H14O2/c1-8-4-12(2)5-9-3-10(14)6-13(8,9)11(15)7-12/h3-4H,5-7H2,1-2H3/t12-,13+/m1/s1. The number of carbonyl (C=O) groups excluding carboxylic acids is 2. The number of hydrogen-bond acceptors (Lipinski definition) is 2. The first-order chi connectivity index (χ1) is 6.96. The Morgan fingerprint density at radius 3 is 2.60 bits per heavy atom. The molecule has 4 aliphatic carbocycles. The van der Waals surface area contributed by atoms with Crippen molar-refractivity contribution < 1.29 is 9.59 Å². The van der Waals surface area contributed by atoms with Crippen LogP contribution >= 0.6 is 0 Å². The zero-order valence-corrected chi connectivity index (χ0v) is 9.09. The van der Waals surface area contributed by atoms with Crippen LogP contribution in [0.2, 0.25) is 0 Å². The summed E-state index contributed by atoms with van der Waals surface area (Å²) in [7, 11) is 0. The molecule has 2 heteroatoms. The van der Waals surface area contributed by atoms with Crippen LogP contribution in [0.1, 0.15) is 33.1 Å². The van der Waals surface area contributed by atoms with Gasteiger partial charge in [0.25, 0.3) is 0 Å². The number of Topliss-reactive ketones (excluding diaryl/α,β-unsaturated/α-hetero) is 1. The summed E-state index contributed by atoms with van der Waals surface area (Å²) >= 11 is 0. The fourth-order valence-electron chi connectivity index (χ4n) is 3.60. The highest BCUT2D eigenvalue weighted by Gasteiger charge is 2.57. The Balaban J connectivity index is 2.28. The van der Waals surface area contributed by atoms with E-state index in [0.717, 1.165) is 17.6 Å². The zero-order valence-electron chi connectivity index (χ0n) is 9.09. The molecule has 0 aromatic rings. The largest absolute Gasteiger partial charge is 0.298 e. The van der Waals surface area contributed by atoms with Gasteiger partial charge in [-0.3, -0.25) is 9.59 Å². The number of fused-ring (bicyclic) bond motifs is 1. The Morgan fingerprint density at radius 1 is 1.20 bits per heavy atom. The second kappa shape index (κ2) is 2.31. The minimum atomic E-state index is -0.505. The fraction of sp³-hybridized carbons (Fsp3) is 0.538. The molecular formula is C13H14O2. The van der Waals surface area contributed by atoms with E-state index in [4.69, 9.17) is 0 Å². The first kappa shape index (κ1) is 9.08. The first-order valence-electron chi connectivity index (χ1n) is 5.43. The van der Waals surface area contributed by atoms with Gasteiger partial charge in [0.05, 0.1) is 5.41 Å². The van der Waals surface area contributed by atoms with Gasteiger partial charge in [-0.15, -0.1) is 0 Å². The van der Waals surface area contributed by atoms with Gasteiger partial charge in [-0.05, 0) is 30.4 Å². The highest BCUT2D eigenvalue weighted by atomic mass is 16.1. The third-order valence-corrected chi connectivity index (χ3v) is 4.20. The van der Waals surface area contributed by atoms with Crippen molar-refractivity contribution in [1.82, 2.24) is 0 Å². The molecule has 4 aliphatic rings. The molecule has 0 aromatic carbocycles. The molecule has 1 spiro atoms. The van der Waals surface area contributed by atoms with Crippen molar-refractivity contribution in [1.29, 1.82) is 0 Å². The van der Waals surface area contributed by atoms with Crippen molar-refractivity contribution in [3.63, 3.8) is 0 Å². The minimum absolute atomic E-state index is 0.0284. The molecule has 78 valence electrons. The molecule has 2 nitrogen and oxygen atoms in total. The average Bonchev–Trinajstić information content (AvgIpc) is 2.40. The van der Waals surface area contributed by atoms with Crippen LogP contribution in [0, 0.1) is 10.8 Å². The molecule has 0 unspecified atom stereocenters. The van der Waals surface area contributed by atoms with Crippen LogP contribution in [0.4, 0.5) is 0 Å². The van der Waals surface area contributed by atoms with Gasteiger partial charge in [-0.1, -0.05) is 18.6 Å². The summed E-state index contributed by atoms with van der Waals surface area (Å²) in [5.41, 5.74) is 1.64. The monoisotopic (exact) mass is 202 g/mol. The van der Waals surface area contributed by atoms with Crippen molar-refractivity contribution in [2.24, 2.45) is 10.8 Å². The quantitative estimate of drug-likeness (QED) is 0.564. The van der Waals surface area contributed by atoms with E-state index in [2.05, 4.69) is 13.0 Å². The predicted octanol–water partition coefficient (Wildman–Crippen LogP) is 2.20. The number of ketones is 2. The maximum atomic E-state index is 12.2. The second-order valence-electron chi connectivity index (χ2n) is 5.48. The number of allylic oxidation sites excluding steroid dienone is 4. The van der Waals surface area contributed by atoms with E-state index in [1.807, 2.05) is 6.92 Å². The van der Waals surface area contributed by atoms with Crippen LogP contribution in [0.3, 0.4) is 0 Å². The molecule has 1 fully saturated rings. The molecule has 4 rings (SSSR count). The summed E-state index contributed by atoms with van der Waals surface area (Å²) in [6.07, 6.45) is 5.81. The van der Waals surface area contributed by atoms with Crippen molar-refractivity contribution in [2.45, 2.75) is 33.1 Å². The topological polar surface area (TPSA) is 34.1 Å². The van der Waals surface area contributed by atoms with E-state index in [1.54, 1.807) is 6.08 Å². The molecule has 0 heterocycles. The van der Waals surface area contributed by atoms with Gasteiger partial charge in [0.15, 0.2) is 5.78 Å². The molecule has 0 aromatic heterocycles. The van der Waals surface area contributed by atoms with Crippen LogP contribution in [0.5, 0.6) is 0 Å². The summed E-state index contributed by atoms with van der Waals surface area (Å²) in [6.45, 7) is 4.11. The number of carbonyl (C=O) groups is 2. The van der Waals surface area contributed by atoms with Crippen molar-refractivity contribution in [2.75, 3.05) is 0 Å². The van der Waals surface area contributed by atoms with Crippen molar-refractivity contribution in [3.05, 3.63) is 23.3 Å². The van der Waals surface area contributed by atoms with Gasteiger partial charge in [-0.2, -0.15) is 0 Å². The predicted molar refractivity (Wildman–Crippen MR) is 56.2 cm³/mol. The summed E-state index contributed by atoms with van der Waals surface area (Å²) in [5, 5.41) is 0. The van der Waals surface area contributed by atoms with Crippen LogP contribution in [-0.2, 0) is 9.59 Å². The molecular weight excluding hydrogens is 188 g/mol. The van der Waals surface area contributed by atoms with Crippen molar-refractivity contribution >= 4 is 11.6 Å². The van der Waals surface area contributed by atoms with Crippen LogP contribution < -0.4 is 0 Å². The lowest BCUT2D eigenvalue weighted by atomic mass is 9.53. The molecule has 0 saturated heterocycles. The maximum absolute atomic E-state index is 12.2. The zero-order chi connectivity index (χ0) is 10.8. The van der Waals surface area contributed by atoms with E-state index in [9.17, 15) is 9.59 Å². The minimum Gasteiger partial charge on any atom is -0.298 e. The Hall–Kier alpha value is -1.18. The molecule has 1 saturated carbocycles. The smallest absolute Gasteiger partial charge is 0.157 e. The lowest BCUT2D eigenvalue weighted by Gasteiger charge is -2.48. The lowest BCUT2D eigenvalue weighted by Crippen LogP contribution is -2.46. The summed E-state index contributed by atoms with van der Waals surface area (Å²) in [6, 6.07) is 0. The van der Waals surface area contributed by atoms with E-state index in [1.165, 1.54) is 0 Å². The Morgan fingerprint density at radius 2 is 1.93 bits per heavy atom. The van der Waals surface area contributed by atoms with E-state index in [-0.39, 0.29) is 17.0 Å². The average molecular weight is 202 g/mol. The van der Waals surface area contributed by atoms with Gasteiger partial charge in [0, 0.05) is 12.8 Å². The van der Waals surface area contributed by atoms with Gasteiger partial charge in [-0.25, -0.2) is 0 Å². The van der Waals surface area contributed by atoms with E-state index in [0.29, 0.717) is 12.8 Å².